The molecule has 0 fully saturated rings. The van der Waals surface area contributed by atoms with Crippen molar-refractivity contribution in [3.63, 3.8) is 0 Å². The Labute approximate surface area is 239 Å². The van der Waals surface area contributed by atoms with Gasteiger partial charge in [0.1, 0.15) is 11.4 Å². The monoisotopic (exact) mass is 601 g/mol. The molecule has 1 amide bonds. The van der Waals surface area contributed by atoms with Crippen LogP contribution in [0.5, 0.6) is 11.5 Å². The van der Waals surface area contributed by atoms with Crippen molar-refractivity contribution in [2.75, 3.05) is 18.3 Å². The van der Waals surface area contributed by atoms with Gasteiger partial charge in [-0.3, -0.25) is 14.6 Å². The van der Waals surface area contributed by atoms with Crippen molar-refractivity contribution in [2.45, 2.75) is 31.3 Å². The molecular formula is C28H31N3O8S2. The van der Waals surface area contributed by atoms with E-state index in [4.69, 9.17) is 15.2 Å². The molecule has 4 rings (SSSR count). The second-order valence-corrected chi connectivity index (χ2v) is 13.8. The molecule has 0 saturated carbocycles. The van der Waals surface area contributed by atoms with Gasteiger partial charge in [0.25, 0.3) is 10.0 Å². The van der Waals surface area contributed by atoms with E-state index in [1.807, 2.05) is 30.3 Å². The van der Waals surface area contributed by atoms with Gasteiger partial charge in [-0.2, -0.15) is 0 Å². The van der Waals surface area contributed by atoms with Gasteiger partial charge < -0.3 is 15.2 Å². The van der Waals surface area contributed by atoms with Crippen LogP contribution in [0.1, 0.15) is 29.9 Å². The summed E-state index contributed by atoms with van der Waals surface area (Å²) in [7, 11) is -8.70. The Morgan fingerprint density at radius 3 is 2.32 bits per heavy atom. The van der Waals surface area contributed by atoms with E-state index in [1.54, 1.807) is 19.1 Å². The maximum absolute atomic E-state index is 13.9. The highest BCUT2D eigenvalue weighted by Gasteiger charge is 2.40. The summed E-state index contributed by atoms with van der Waals surface area (Å²) in [5.41, 5.74) is 7.32. The summed E-state index contributed by atoms with van der Waals surface area (Å²) in [5, 5.41) is 0. The maximum Gasteiger partial charge on any atom is 0.268 e. The third-order valence-electron chi connectivity index (χ3n) is 6.60. The van der Waals surface area contributed by atoms with Gasteiger partial charge >= 0.3 is 0 Å². The van der Waals surface area contributed by atoms with Crippen molar-refractivity contribution < 1.29 is 35.9 Å². The number of hydrogen-bond acceptors (Lipinski definition) is 10. The lowest BCUT2D eigenvalue weighted by Crippen LogP contribution is -2.55. The number of sulfone groups is 1. The normalized spacial score (nSPS) is 15.1. The first-order valence-electron chi connectivity index (χ1n) is 12.8. The number of ketones is 1. The van der Waals surface area contributed by atoms with E-state index in [0.717, 1.165) is 5.56 Å². The summed E-state index contributed by atoms with van der Waals surface area (Å²) in [4.78, 5) is 29.9. The lowest BCUT2D eigenvalue weighted by Gasteiger charge is -2.34. The first kappa shape index (κ1) is 30.2. The van der Waals surface area contributed by atoms with Gasteiger partial charge in [0.2, 0.25) is 12.7 Å². The Bertz CT molecular complexity index is 1610. The Kier molecular flexibility index (Phi) is 9.10. The van der Waals surface area contributed by atoms with E-state index >= 15 is 0 Å². The number of ether oxygens (including phenoxy) is 2. The number of amides is 1. The van der Waals surface area contributed by atoms with E-state index in [2.05, 4.69) is 4.98 Å². The molecule has 1 aliphatic rings. The van der Waals surface area contributed by atoms with Crippen LogP contribution < -0.4 is 15.2 Å². The topological polar surface area (TPSA) is 163 Å². The Balaban J connectivity index is 1.62. The molecule has 0 radical (unpaired) electrons. The number of rotatable bonds is 12. The summed E-state index contributed by atoms with van der Waals surface area (Å²) < 4.78 is 64.8. The first-order chi connectivity index (χ1) is 19.4. The van der Waals surface area contributed by atoms with Gasteiger partial charge in [0, 0.05) is 12.3 Å². The Morgan fingerprint density at radius 1 is 0.951 bits per heavy atom. The quantitative estimate of drug-likeness (QED) is 0.241. The molecule has 0 bridgehead atoms. The number of carbonyl (C=O) groups is 2. The SMILES string of the molecule is CC(CS(=O)(=O)CC(=O)c1ccccn1)C(=O)N([C@H](N)[C@@H](C)Cc1ccccc1)S(=O)(=O)c1ccc2c(c1)OCO2. The molecule has 0 aliphatic carbocycles. The number of pyridine rings is 1. The zero-order chi connectivity index (χ0) is 29.8. The fourth-order valence-electron chi connectivity index (χ4n) is 4.44. The van der Waals surface area contributed by atoms with Crippen molar-refractivity contribution in [1.82, 2.24) is 9.29 Å². The highest BCUT2D eigenvalue weighted by atomic mass is 32.2. The average molecular weight is 602 g/mol. The predicted octanol–water partition coefficient (Wildman–Crippen LogP) is 2.42. The molecule has 2 N–H and O–H groups in total. The molecule has 1 aliphatic heterocycles. The third kappa shape index (κ3) is 7.10. The van der Waals surface area contributed by atoms with Crippen molar-refractivity contribution >= 4 is 31.6 Å². The molecule has 2 aromatic carbocycles. The molecule has 3 atom stereocenters. The lowest BCUT2D eigenvalue weighted by atomic mass is 9.98. The Hall–Kier alpha value is -3.81. The highest BCUT2D eigenvalue weighted by Crippen LogP contribution is 2.35. The van der Waals surface area contributed by atoms with Crippen LogP contribution in [-0.4, -0.2) is 62.3 Å². The minimum absolute atomic E-state index is 0.0289. The molecule has 0 saturated heterocycles. The summed E-state index contributed by atoms with van der Waals surface area (Å²) in [6, 6.07) is 17.7. The van der Waals surface area contributed by atoms with Crippen LogP contribution in [0.4, 0.5) is 0 Å². The van der Waals surface area contributed by atoms with Crippen molar-refractivity contribution in [2.24, 2.45) is 17.6 Å². The molecule has 218 valence electrons. The molecule has 0 spiro atoms. The molecule has 3 aromatic rings. The second kappa shape index (κ2) is 12.4. The molecular weight excluding hydrogens is 570 g/mol. The molecule has 1 unspecified atom stereocenters. The van der Waals surface area contributed by atoms with Crippen LogP contribution in [0.3, 0.4) is 0 Å². The van der Waals surface area contributed by atoms with E-state index in [-0.39, 0.29) is 23.1 Å². The summed E-state index contributed by atoms with van der Waals surface area (Å²) >= 11 is 0. The summed E-state index contributed by atoms with van der Waals surface area (Å²) in [6.45, 7) is 2.92. The van der Waals surface area contributed by atoms with Crippen LogP contribution in [-0.2, 0) is 31.1 Å². The van der Waals surface area contributed by atoms with Crippen molar-refractivity contribution in [3.8, 4) is 11.5 Å². The number of aromatic nitrogens is 1. The van der Waals surface area contributed by atoms with Gasteiger partial charge in [-0.25, -0.2) is 21.1 Å². The van der Waals surface area contributed by atoms with Gasteiger partial charge in [-0.05, 0) is 42.2 Å². The number of sulfonamides is 1. The van der Waals surface area contributed by atoms with Crippen LogP contribution >= 0.6 is 0 Å². The number of fused-ring (bicyclic) bond motifs is 1. The zero-order valence-electron chi connectivity index (χ0n) is 22.5. The van der Waals surface area contributed by atoms with Gasteiger partial charge in [-0.1, -0.05) is 50.2 Å². The first-order valence-corrected chi connectivity index (χ1v) is 16.1. The summed E-state index contributed by atoms with van der Waals surface area (Å²) in [6.07, 6.45) is 0.384. The maximum atomic E-state index is 13.9. The van der Waals surface area contributed by atoms with Crippen molar-refractivity contribution in [1.29, 1.82) is 0 Å². The van der Waals surface area contributed by atoms with Crippen LogP contribution in [0.25, 0.3) is 0 Å². The van der Waals surface area contributed by atoms with E-state index in [0.29, 0.717) is 16.5 Å². The minimum atomic E-state index is -4.57. The fraction of sp³-hybridized carbons (Fsp3) is 0.321. The smallest absolute Gasteiger partial charge is 0.268 e. The molecule has 41 heavy (non-hydrogen) atoms. The number of benzene rings is 2. The minimum Gasteiger partial charge on any atom is -0.454 e. The number of nitrogens with two attached hydrogens (primary N) is 1. The van der Waals surface area contributed by atoms with Crippen LogP contribution in [0.2, 0.25) is 0 Å². The second-order valence-electron chi connectivity index (χ2n) is 9.91. The van der Waals surface area contributed by atoms with Crippen LogP contribution in [0, 0.1) is 11.8 Å². The van der Waals surface area contributed by atoms with Gasteiger partial charge in [-0.15, -0.1) is 0 Å². The predicted molar refractivity (Wildman–Crippen MR) is 150 cm³/mol. The highest BCUT2D eigenvalue weighted by molar-refractivity contribution is 7.92. The standard InChI is InChI=1S/C28H31N3O8S2/c1-19(14-21-8-4-3-5-9-21)27(29)31(41(36,37)22-11-12-25-26(15-22)39-18-38-25)28(33)20(2)16-40(34,35)17-24(32)23-10-6-7-13-30-23/h3-13,15,19-20,27H,14,16-18,29H2,1-2H3/t19-,20?,27-/m0/s1. The number of nitrogens with zero attached hydrogens (tertiary/aromatic N) is 2. The molecule has 1 aromatic heterocycles. The van der Waals surface area contributed by atoms with E-state index in [9.17, 15) is 26.4 Å². The summed E-state index contributed by atoms with van der Waals surface area (Å²) in [5.74, 6) is -4.74. The lowest BCUT2D eigenvalue weighted by molar-refractivity contribution is -0.131. The number of Topliss-reactive ketones (excluding diaryl/α,β-unsaturated/α-hetero) is 1. The van der Waals surface area contributed by atoms with E-state index in [1.165, 1.54) is 37.4 Å². The largest absolute Gasteiger partial charge is 0.454 e. The molecule has 11 nitrogen and oxygen atoms in total. The third-order valence-corrected chi connectivity index (χ3v) is 10.1. The van der Waals surface area contributed by atoms with Gasteiger partial charge in [0.15, 0.2) is 27.1 Å². The number of hydrogen-bond donors (Lipinski definition) is 1. The zero-order valence-corrected chi connectivity index (χ0v) is 24.2. The van der Waals surface area contributed by atoms with E-state index < -0.39 is 61.1 Å². The van der Waals surface area contributed by atoms with Gasteiger partial charge in [0.05, 0.1) is 22.7 Å². The van der Waals surface area contributed by atoms with Crippen LogP contribution in [0.15, 0.2) is 77.8 Å². The van der Waals surface area contributed by atoms with Crippen molar-refractivity contribution in [3.05, 3.63) is 84.2 Å². The average Bonchev–Trinajstić information content (AvgIpc) is 3.41. The molecule has 2 heterocycles. The molecule has 13 heteroatoms. The Morgan fingerprint density at radius 2 is 1.63 bits per heavy atom. The number of carbonyl (C=O) groups excluding carboxylic acids is 2. The fourth-order valence-corrected chi connectivity index (χ4v) is 7.68.